The molecule has 0 bridgehead atoms. The number of H-pyrrole nitrogens is 1. The second-order valence-corrected chi connectivity index (χ2v) is 6.81. The van der Waals surface area contributed by atoms with Crippen molar-refractivity contribution in [1.29, 1.82) is 0 Å². The van der Waals surface area contributed by atoms with Gasteiger partial charge in [-0.15, -0.1) is 5.10 Å². The lowest BCUT2D eigenvalue weighted by Crippen LogP contribution is -2.41. The maximum Gasteiger partial charge on any atom is 0.293 e. The molecular weight excluding hydrogens is 266 g/mol. The van der Waals surface area contributed by atoms with Crippen molar-refractivity contribution in [2.75, 3.05) is 26.2 Å². The highest BCUT2D eigenvalue weighted by Crippen LogP contribution is 2.18. The predicted molar refractivity (Wildman–Crippen MR) is 82.3 cm³/mol. The molecular formula is C15H27N5O. The van der Waals surface area contributed by atoms with E-state index in [9.17, 15) is 4.79 Å². The first-order valence-electron chi connectivity index (χ1n) is 7.84. The first-order valence-corrected chi connectivity index (χ1v) is 7.84. The zero-order valence-electron chi connectivity index (χ0n) is 13.6. The zero-order chi connectivity index (χ0) is 15.5. The van der Waals surface area contributed by atoms with Gasteiger partial charge in [0.1, 0.15) is 5.82 Å². The molecule has 0 spiro atoms. The standard InChI is InChI=1S/C15H27N5O/c1-5-20(10-11-7-6-8-16-9-11)13(21)12-17-14(19-18-12)15(2,3)4/h11,16H,5-10H2,1-4H3,(H,17,18,19). The maximum atomic E-state index is 12.6. The number of carbonyl (C=O) groups excluding carboxylic acids is 1. The van der Waals surface area contributed by atoms with Gasteiger partial charge in [-0.1, -0.05) is 20.8 Å². The first kappa shape index (κ1) is 15.9. The van der Waals surface area contributed by atoms with Crippen molar-refractivity contribution in [3.8, 4) is 0 Å². The van der Waals surface area contributed by atoms with Gasteiger partial charge in [-0.25, -0.2) is 4.98 Å². The molecule has 2 heterocycles. The summed E-state index contributed by atoms with van der Waals surface area (Å²) in [5.41, 5.74) is -0.129. The second kappa shape index (κ2) is 6.56. The number of aromatic amines is 1. The number of hydrogen-bond acceptors (Lipinski definition) is 4. The van der Waals surface area contributed by atoms with Crippen molar-refractivity contribution in [2.24, 2.45) is 5.92 Å². The van der Waals surface area contributed by atoms with E-state index in [4.69, 9.17) is 0 Å². The number of nitrogens with zero attached hydrogens (tertiary/aromatic N) is 3. The van der Waals surface area contributed by atoms with Crippen LogP contribution in [-0.2, 0) is 5.41 Å². The van der Waals surface area contributed by atoms with Crippen molar-refractivity contribution < 1.29 is 4.79 Å². The van der Waals surface area contributed by atoms with Crippen molar-refractivity contribution in [1.82, 2.24) is 25.4 Å². The second-order valence-electron chi connectivity index (χ2n) is 6.81. The van der Waals surface area contributed by atoms with Crippen molar-refractivity contribution >= 4 is 5.91 Å². The molecule has 6 nitrogen and oxygen atoms in total. The van der Waals surface area contributed by atoms with Gasteiger partial charge in [0.25, 0.3) is 5.91 Å². The summed E-state index contributed by atoms with van der Waals surface area (Å²) < 4.78 is 0. The van der Waals surface area contributed by atoms with E-state index in [-0.39, 0.29) is 17.1 Å². The third-order valence-electron chi connectivity index (χ3n) is 3.93. The van der Waals surface area contributed by atoms with Crippen LogP contribution in [0.2, 0.25) is 0 Å². The fraction of sp³-hybridized carbons (Fsp3) is 0.800. The molecule has 1 aliphatic rings. The SMILES string of the molecule is CCN(CC1CCCNC1)C(=O)c1n[nH]c(C(C)(C)C)n1. The van der Waals surface area contributed by atoms with E-state index in [0.29, 0.717) is 12.5 Å². The summed E-state index contributed by atoms with van der Waals surface area (Å²) >= 11 is 0. The average Bonchev–Trinajstić information content (AvgIpc) is 2.95. The van der Waals surface area contributed by atoms with E-state index in [1.807, 2.05) is 32.6 Å². The number of amides is 1. The molecule has 1 amide bonds. The minimum atomic E-state index is -0.129. The summed E-state index contributed by atoms with van der Waals surface area (Å²) in [6.07, 6.45) is 2.36. The van der Waals surface area contributed by atoms with Crippen LogP contribution in [-0.4, -0.2) is 52.2 Å². The van der Waals surface area contributed by atoms with E-state index in [1.54, 1.807) is 0 Å². The van der Waals surface area contributed by atoms with Gasteiger partial charge in [-0.3, -0.25) is 9.89 Å². The van der Waals surface area contributed by atoms with Crippen LogP contribution >= 0.6 is 0 Å². The monoisotopic (exact) mass is 293 g/mol. The summed E-state index contributed by atoms with van der Waals surface area (Å²) in [6.45, 7) is 11.7. The average molecular weight is 293 g/mol. The molecule has 1 atom stereocenters. The lowest BCUT2D eigenvalue weighted by Gasteiger charge is -2.28. The Balaban J connectivity index is 2.03. The Morgan fingerprint density at radius 3 is 2.71 bits per heavy atom. The Kier molecular flexibility index (Phi) is 4.98. The minimum absolute atomic E-state index is 0.0742. The summed E-state index contributed by atoms with van der Waals surface area (Å²) in [4.78, 5) is 18.8. The summed E-state index contributed by atoms with van der Waals surface area (Å²) in [5.74, 6) is 1.49. The van der Waals surface area contributed by atoms with E-state index in [0.717, 1.165) is 25.5 Å². The third kappa shape index (κ3) is 4.03. The molecule has 6 heteroatoms. The van der Waals surface area contributed by atoms with Crippen LogP contribution in [0.15, 0.2) is 0 Å². The molecule has 1 fully saturated rings. The Morgan fingerprint density at radius 1 is 1.43 bits per heavy atom. The Bertz CT molecular complexity index is 471. The first-order chi connectivity index (χ1) is 9.91. The molecule has 118 valence electrons. The molecule has 1 aliphatic heterocycles. The van der Waals surface area contributed by atoms with Crippen molar-refractivity contribution in [2.45, 2.75) is 46.0 Å². The maximum absolute atomic E-state index is 12.6. The summed E-state index contributed by atoms with van der Waals surface area (Å²) in [6, 6.07) is 0. The molecule has 1 aromatic heterocycles. The molecule has 21 heavy (non-hydrogen) atoms. The number of rotatable bonds is 4. The van der Waals surface area contributed by atoms with Gasteiger partial charge < -0.3 is 10.2 Å². The lowest BCUT2D eigenvalue weighted by molar-refractivity contribution is 0.0717. The van der Waals surface area contributed by atoms with Gasteiger partial charge in [-0.2, -0.15) is 0 Å². The quantitative estimate of drug-likeness (QED) is 0.883. The Hall–Kier alpha value is -1.43. The Labute approximate surface area is 126 Å². The smallest absolute Gasteiger partial charge is 0.293 e. The van der Waals surface area contributed by atoms with Crippen LogP contribution in [0, 0.1) is 5.92 Å². The van der Waals surface area contributed by atoms with Crippen LogP contribution in [0.3, 0.4) is 0 Å². The van der Waals surface area contributed by atoms with Gasteiger partial charge in [0, 0.05) is 18.5 Å². The number of hydrogen-bond donors (Lipinski definition) is 2. The summed E-state index contributed by atoms with van der Waals surface area (Å²) in [5, 5.41) is 10.4. The normalized spacial score (nSPS) is 19.5. The fourth-order valence-electron chi connectivity index (χ4n) is 2.58. The van der Waals surface area contributed by atoms with Gasteiger partial charge in [0.2, 0.25) is 5.82 Å². The van der Waals surface area contributed by atoms with E-state index in [2.05, 4.69) is 20.5 Å². The van der Waals surface area contributed by atoms with Crippen LogP contribution in [0.25, 0.3) is 0 Å². The van der Waals surface area contributed by atoms with E-state index < -0.39 is 0 Å². The van der Waals surface area contributed by atoms with Gasteiger partial charge in [0.15, 0.2) is 0 Å². The van der Waals surface area contributed by atoms with Gasteiger partial charge in [0.05, 0.1) is 0 Å². The number of nitrogens with one attached hydrogen (secondary N) is 2. The molecule has 2 rings (SSSR count). The van der Waals surface area contributed by atoms with Crippen LogP contribution < -0.4 is 5.32 Å². The van der Waals surface area contributed by atoms with E-state index in [1.165, 1.54) is 12.8 Å². The third-order valence-corrected chi connectivity index (χ3v) is 3.93. The number of carbonyl (C=O) groups is 1. The molecule has 1 aromatic rings. The van der Waals surface area contributed by atoms with Crippen LogP contribution in [0.5, 0.6) is 0 Å². The molecule has 1 unspecified atom stereocenters. The number of aromatic nitrogens is 3. The lowest BCUT2D eigenvalue weighted by atomic mass is 9.96. The fourth-order valence-corrected chi connectivity index (χ4v) is 2.58. The molecule has 2 N–H and O–H groups in total. The topological polar surface area (TPSA) is 73.9 Å². The molecule has 0 saturated carbocycles. The van der Waals surface area contributed by atoms with Crippen molar-refractivity contribution in [3.63, 3.8) is 0 Å². The zero-order valence-corrected chi connectivity index (χ0v) is 13.6. The van der Waals surface area contributed by atoms with Crippen molar-refractivity contribution in [3.05, 3.63) is 11.6 Å². The molecule has 0 aromatic carbocycles. The van der Waals surface area contributed by atoms with Crippen LogP contribution in [0.1, 0.15) is 57.0 Å². The highest BCUT2D eigenvalue weighted by atomic mass is 16.2. The largest absolute Gasteiger partial charge is 0.336 e. The van der Waals surface area contributed by atoms with E-state index >= 15 is 0 Å². The highest BCUT2D eigenvalue weighted by molar-refractivity contribution is 5.90. The predicted octanol–water partition coefficient (Wildman–Crippen LogP) is 1.56. The number of piperidine rings is 1. The van der Waals surface area contributed by atoms with Gasteiger partial charge in [-0.05, 0) is 38.8 Å². The molecule has 0 radical (unpaired) electrons. The van der Waals surface area contributed by atoms with Gasteiger partial charge >= 0.3 is 0 Å². The Morgan fingerprint density at radius 2 is 2.19 bits per heavy atom. The van der Waals surface area contributed by atoms with Crippen LogP contribution in [0.4, 0.5) is 0 Å². The molecule has 1 saturated heterocycles. The minimum Gasteiger partial charge on any atom is -0.336 e. The highest BCUT2D eigenvalue weighted by Gasteiger charge is 2.25. The summed E-state index contributed by atoms with van der Waals surface area (Å²) in [7, 11) is 0. The molecule has 0 aliphatic carbocycles.